The van der Waals surface area contributed by atoms with Crippen LogP contribution in [0.5, 0.6) is 0 Å². The van der Waals surface area contributed by atoms with E-state index in [9.17, 15) is 0 Å². The van der Waals surface area contributed by atoms with Crippen LogP contribution in [0.25, 0.3) is 44.9 Å². The number of aromatic nitrogens is 2. The second kappa shape index (κ2) is 10.8. The molecule has 0 aliphatic rings. The van der Waals surface area contributed by atoms with Crippen molar-refractivity contribution in [3.05, 3.63) is 113 Å². The van der Waals surface area contributed by atoms with Crippen molar-refractivity contribution < 1.29 is 0 Å². The summed E-state index contributed by atoms with van der Waals surface area (Å²) in [5.41, 5.74) is 9.20. The highest BCUT2D eigenvalue weighted by Gasteiger charge is 2.17. The van der Waals surface area contributed by atoms with E-state index in [0.29, 0.717) is 5.82 Å². The lowest BCUT2D eigenvalue weighted by molar-refractivity contribution is 1.00. The first-order chi connectivity index (χ1) is 17.7. The van der Waals surface area contributed by atoms with Crippen LogP contribution in [0.15, 0.2) is 113 Å². The molecule has 0 bridgehead atoms. The molecule has 0 saturated carbocycles. The summed E-state index contributed by atoms with van der Waals surface area (Å²) in [6, 6.07) is 35.7. The molecule has 176 valence electrons. The maximum Gasteiger partial charge on any atom is 0.160 e. The number of aryl methyl sites for hydroxylation is 1. The molecule has 0 fully saturated rings. The fourth-order valence-electron chi connectivity index (χ4n) is 4.30. The van der Waals surface area contributed by atoms with E-state index in [1.165, 1.54) is 0 Å². The number of aliphatic imine (C=N–C) groups is 1. The van der Waals surface area contributed by atoms with Gasteiger partial charge in [-0.15, -0.1) is 0 Å². The van der Waals surface area contributed by atoms with Gasteiger partial charge in [-0.25, -0.2) is 9.97 Å². The van der Waals surface area contributed by atoms with Crippen LogP contribution < -0.4 is 0 Å². The van der Waals surface area contributed by atoms with Crippen molar-refractivity contribution in [2.45, 2.75) is 20.3 Å². The van der Waals surface area contributed by atoms with Crippen LogP contribution in [0.3, 0.4) is 0 Å². The maximum atomic E-state index is 5.10. The lowest BCUT2D eigenvalue weighted by Crippen LogP contribution is -2.00. The Kier molecular flexibility index (Phi) is 7.15. The predicted molar refractivity (Wildman–Crippen MR) is 155 cm³/mol. The quantitative estimate of drug-likeness (QED) is 0.205. The normalized spacial score (nSPS) is 11.2. The highest BCUT2D eigenvalue weighted by atomic mass is 79.9. The van der Waals surface area contributed by atoms with Crippen LogP contribution >= 0.6 is 15.9 Å². The van der Waals surface area contributed by atoms with Crippen molar-refractivity contribution in [3.8, 4) is 44.9 Å². The summed E-state index contributed by atoms with van der Waals surface area (Å²) in [6.07, 6.45) is 2.58. The largest absolute Gasteiger partial charge is 0.257 e. The number of nitrogens with zero attached hydrogens (tertiary/aromatic N) is 3. The van der Waals surface area contributed by atoms with Crippen LogP contribution in [-0.2, 0) is 6.42 Å². The van der Waals surface area contributed by atoms with Crippen LogP contribution in [0.4, 0.5) is 5.69 Å². The highest BCUT2D eigenvalue weighted by Crippen LogP contribution is 2.38. The molecule has 4 heteroatoms. The predicted octanol–water partition coefficient (Wildman–Crippen LogP) is 9.19. The smallest absolute Gasteiger partial charge is 0.160 e. The van der Waals surface area contributed by atoms with E-state index in [0.717, 1.165) is 61.3 Å². The van der Waals surface area contributed by atoms with Crippen molar-refractivity contribution in [1.82, 2.24) is 9.97 Å². The van der Waals surface area contributed by atoms with Gasteiger partial charge in [0.15, 0.2) is 5.82 Å². The van der Waals surface area contributed by atoms with Gasteiger partial charge in [-0.1, -0.05) is 95.7 Å². The van der Waals surface area contributed by atoms with Crippen molar-refractivity contribution in [2.75, 3.05) is 0 Å². The molecule has 5 aromatic rings. The van der Waals surface area contributed by atoms with Gasteiger partial charge in [-0.2, -0.15) is 0 Å². The Balaban J connectivity index is 1.79. The average Bonchev–Trinajstić information content (AvgIpc) is 2.94. The molecule has 5 rings (SSSR count). The van der Waals surface area contributed by atoms with Gasteiger partial charge in [0.1, 0.15) is 11.4 Å². The van der Waals surface area contributed by atoms with Gasteiger partial charge in [0.2, 0.25) is 0 Å². The van der Waals surface area contributed by atoms with Crippen molar-refractivity contribution >= 4 is 27.8 Å². The fraction of sp³-hybridized carbons (Fsp3) is 0.0938. The first-order valence-corrected chi connectivity index (χ1v) is 12.9. The van der Waals surface area contributed by atoms with Crippen LogP contribution in [0.2, 0.25) is 0 Å². The molecule has 1 aromatic heterocycles. The Bertz CT molecular complexity index is 1450. The van der Waals surface area contributed by atoms with Gasteiger partial charge < -0.3 is 0 Å². The van der Waals surface area contributed by atoms with E-state index in [1.807, 2.05) is 49.5 Å². The molecule has 0 saturated heterocycles. The summed E-state index contributed by atoms with van der Waals surface area (Å²) in [5.74, 6) is 0.704. The van der Waals surface area contributed by atoms with Gasteiger partial charge in [0.25, 0.3) is 0 Å². The molecule has 0 atom stereocenters. The fourth-order valence-corrected chi connectivity index (χ4v) is 4.57. The molecular formula is C32H26BrN3. The zero-order valence-corrected chi connectivity index (χ0v) is 21.9. The van der Waals surface area contributed by atoms with Gasteiger partial charge in [-0.3, -0.25) is 4.99 Å². The van der Waals surface area contributed by atoms with Gasteiger partial charge in [0, 0.05) is 21.8 Å². The number of halogens is 1. The zero-order chi connectivity index (χ0) is 24.9. The van der Waals surface area contributed by atoms with Crippen LogP contribution in [0, 0.1) is 0 Å². The van der Waals surface area contributed by atoms with Crippen molar-refractivity contribution in [3.63, 3.8) is 0 Å². The Hall–Kier alpha value is -3.89. The average molecular weight is 532 g/mol. The van der Waals surface area contributed by atoms with Gasteiger partial charge in [-0.05, 0) is 65.9 Å². The number of rotatable bonds is 6. The maximum absolute atomic E-state index is 5.10. The summed E-state index contributed by atoms with van der Waals surface area (Å²) in [5, 5.41) is 0. The SMILES string of the molecule is CC=Nc1c(CC)nc(-c2ccc(Br)cc2)nc1-c1cc(-c2ccccc2)cc(-c2ccccc2)c1. The molecule has 0 aliphatic carbocycles. The minimum absolute atomic E-state index is 0.704. The third-order valence-electron chi connectivity index (χ3n) is 6.07. The molecule has 0 radical (unpaired) electrons. The lowest BCUT2D eigenvalue weighted by Gasteiger charge is -2.15. The summed E-state index contributed by atoms with van der Waals surface area (Å²) in [7, 11) is 0. The van der Waals surface area contributed by atoms with Gasteiger partial charge in [0.05, 0.1) is 5.69 Å². The Morgan fingerprint density at radius 2 is 1.22 bits per heavy atom. The standard InChI is InChI=1S/C32H26BrN3/c1-3-29-31(34-4-2)30(36-32(35-29)24-15-17-28(33)18-16-24)27-20-25(22-11-7-5-8-12-22)19-26(21-27)23-13-9-6-10-14-23/h4-21H,3H2,1-2H3. The third-order valence-corrected chi connectivity index (χ3v) is 6.60. The van der Waals surface area contributed by atoms with E-state index in [2.05, 4.69) is 89.6 Å². The molecular weight excluding hydrogens is 506 g/mol. The van der Waals surface area contributed by atoms with E-state index in [-0.39, 0.29) is 0 Å². The molecule has 4 aromatic carbocycles. The Labute approximate surface area is 220 Å². The Morgan fingerprint density at radius 1 is 0.667 bits per heavy atom. The van der Waals surface area contributed by atoms with Gasteiger partial charge >= 0.3 is 0 Å². The molecule has 0 N–H and O–H groups in total. The van der Waals surface area contributed by atoms with Crippen molar-refractivity contribution in [1.29, 1.82) is 0 Å². The molecule has 36 heavy (non-hydrogen) atoms. The molecule has 1 heterocycles. The minimum atomic E-state index is 0.704. The monoisotopic (exact) mass is 531 g/mol. The van der Waals surface area contributed by atoms with Crippen LogP contribution in [-0.4, -0.2) is 16.2 Å². The number of benzene rings is 4. The lowest BCUT2D eigenvalue weighted by atomic mass is 9.94. The second-order valence-electron chi connectivity index (χ2n) is 8.47. The number of hydrogen-bond donors (Lipinski definition) is 0. The first kappa shape index (κ1) is 23.8. The van der Waals surface area contributed by atoms with E-state index < -0.39 is 0 Å². The molecule has 0 amide bonds. The minimum Gasteiger partial charge on any atom is -0.257 e. The van der Waals surface area contributed by atoms with Crippen molar-refractivity contribution in [2.24, 2.45) is 4.99 Å². The van der Waals surface area contributed by atoms with E-state index in [4.69, 9.17) is 15.0 Å². The summed E-state index contributed by atoms with van der Waals surface area (Å²) < 4.78 is 1.03. The Morgan fingerprint density at radius 3 is 1.75 bits per heavy atom. The summed E-state index contributed by atoms with van der Waals surface area (Å²) in [4.78, 5) is 14.8. The summed E-state index contributed by atoms with van der Waals surface area (Å²) >= 11 is 3.53. The molecule has 0 spiro atoms. The van der Waals surface area contributed by atoms with E-state index in [1.54, 1.807) is 0 Å². The topological polar surface area (TPSA) is 38.1 Å². The second-order valence-corrected chi connectivity index (χ2v) is 9.39. The summed E-state index contributed by atoms with van der Waals surface area (Å²) in [6.45, 7) is 4.05. The molecule has 0 unspecified atom stereocenters. The van der Waals surface area contributed by atoms with E-state index >= 15 is 0 Å². The zero-order valence-electron chi connectivity index (χ0n) is 20.3. The molecule has 0 aliphatic heterocycles. The number of hydrogen-bond acceptors (Lipinski definition) is 3. The third kappa shape index (κ3) is 5.05. The first-order valence-electron chi connectivity index (χ1n) is 12.1. The molecule has 3 nitrogen and oxygen atoms in total. The van der Waals surface area contributed by atoms with Crippen LogP contribution in [0.1, 0.15) is 19.5 Å². The highest BCUT2D eigenvalue weighted by molar-refractivity contribution is 9.10.